The summed E-state index contributed by atoms with van der Waals surface area (Å²) in [6.45, 7) is 0. The molecule has 28 heavy (non-hydrogen) atoms. The molecule has 0 aliphatic heterocycles. The zero-order chi connectivity index (χ0) is 19.2. The topological polar surface area (TPSA) is 17.1 Å². The fraction of sp³-hybridized carbons (Fsp3) is 0. The molecule has 0 unspecified atom stereocenters. The first-order valence-corrected chi connectivity index (χ1v) is 10.7. The van der Waals surface area contributed by atoms with E-state index in [0.717, 1.165) is 32.0 Å². The molecule has 2 aromatic carbocycles. The third-order valence-corrected chi connectivity index (χ3v) is 6.09. The van der Waals surface area contributed by atoms with Crippen molar-refractivity contribution in [3.63, 3.8) is 0 Å². The van der Waals surface area contributed by atoms with Crippen LogP contribution in [0.1, 0.15) is 20.9 Å². The Balaban J connectivity index is 1.83. The van der Waals surface area contributed by atoms with E-state index in [-0.39, 0.29) is 5.78 Å². The molecule has 0 bridgehead atoms. The van der Waals surface area contributed by atoms with Gasteiger partial charge in [-0.15, -0.1) is 22.7 Å². The third-order valence-electron chi connectivity index (χ3n) is 4.28. The van der Waals surface area contributed by atoms with Gasteiger partial charge >= 0.3 is 0 Å². The molecule has 0 amide bonds. The van der Waals surface area contributed by atoms with E-state index in [9.17, 15) is 4.79 Å². The third kappa shape index (κ3) is 4.28. The minimum atomic E-state index is 0.0395. The molecule has 136 valence electrons. The van der Waals surface area contributed by atoms with Crippen molar-refractivity contribution in [3.05, 3.63) is 117 Å². The molecule has 2 aromatic heterocycles. The van der Waals surface area contributed by atoms with Crippen LogP contribution in [-0.2, 0) is 4.79 Å². The van der Waals surface area contributed by atoms with Crippen LogP contribution in [-0.4, -0.2) is 5.78 Å². The fourth-order valence-electron chi connectivity index (χ4n) is 2.94. The number of benzene rings is 2. The highest BCUT2D eigenvalue weighted by Gasteiger charge is 2.20. The van der Waals surface area contributed by atoms with Gasteiger partial charge in [0.25, 0.3) is 0 Å². The lowest BCUT2D eigenvalue weighted by Gasteiger charge is -2.09. The molecular weight excluding hydrogens is 380 g/mol. The van der Waals surface area contributed by atoms with Crippen molar-refractivity contribution in [2.24, 2.45) is 0 Å². The summed E-state index contributed by atoms with van der Waals surface area (Å²) in [7, 11) is 0. The Bertz CT molecular complexity index is 998. The Kier molecular flexibility index (Phi) is 5.76. The number of carbonyl (C=O) groups is 1. The summed E-state index contributed by atoms with van der Waals surface area (Å²) in [5.41, 5.74) is 3.47. The molecule has 4 aromatic rings. The van der Waals surface area contributed by atoms with Gasteiger partial charge in [-0.25, -0.2) is 0 Å². The van der Waals surface area contributed by atoms with E-state index in [0.29, 0.717) is 0 Å². The summed E-state index contributed by atoms with van der Waals surface area (Å²) in [5.74, 6) is 0.0395. The summed E-state index contributed by atoms with van der Waals surface area (Å²) in [6, 6.07) is 28.0. The quantitative estimate of drug-likeness (QED) is 0.315. The van der Waals surface area contributed by atoms with Crippen molar-refractivity contribution >= 4 is 51.8 Å². The van der Waals surface area contributed by atoms with E-state index in [1.807, 2.05) is 108 Å². The Morgan fingerprint density at radius 3 is 1.36 bits per heavy atom. The molecule has 0 fully saturated rings. The first-order chi connectivity index (χ1) is 13.8. The molecule has 0 saturated carbocycles. The van der Waals surface area contributed by atoms with Crippen LogP contribution in [0.5, 0.6) is 0 Å². The van der Waals surface area contributed by atoms with Crippen molar-refractivity contribution < 1.29 is 4.79 Å². The van der Waals surface area contributed by atoms with Gasteiger partial charge in [0.15, 0.2) is 5.78 Å². The first kappa shape index (κ1) is 18.4. The molecule has 0 N–H and O–H groups in total. The van der Waals surface area contributed by atoms with E-state index in [2.05, 4.69) is 0 Å². The van der Waals surface area contributed by atoms with Gasteiger partial charge < -0.3 is 0 Å². The summed E-state index contributed by atoms with van der Waals surface area (Å²) < 4.78 is 0. The normalized spacial score (nSPS) is 12.1. The zero-order valence-electron chi connectivity index (χ0n) is 15.1. The van der Waals surface area contributed by atoms with Gasteiger partial charge in [-0.1, -0.05) is 72.8 Å². The van der Waals surface area contributed by atoms with E-state index in [4.69, 9.17) is 0 Å². The molecule has 4 rings (SSSR count). The number of Topliss-reactive ketones (excluding diaryl/α,β-unsaturated/α-hetero) is 1. The second-order valence-corrected chi connectivity index (χ2v) is 8.12. The summed E-state index contributed by atoms with van der Waals surface area (Å²) in [4.78, 5) is 15.7. The number of ketones is 1. The van der Waals surface area contributed by atoms with Crippen molar-refractivity contribution in [3.8, 4) is 0 Å². The molecular formula is C25H18OS2. The number of hydrogen-bond acceptors (Lipinski definition) is 3. The number of thiophene rings is 2. The maximum atomic E-state index is 13.7. The Morgan fingerprint density at radius 2 is 1.00 bits per heavy atom. The van der Waals surface area contributed by atoms with Gasteiger partial charge in [-0.05, 0) is 46.2 Å². The second kappa shape index (κ2) is 8.79. The van der Waals surface area contributed by atoms with Crippen molar-refractivity contribution in [1.29, 1.82) is 0 Å². The maximum Gasteiger partial charge on any atom is 0.195 e. The Labute approximate surface area is 172 Å². The molecule has 0 saturated heterocycles. The summed E-state index contributed by atoms with van der Waals surface area (Å²) in [5, 5.41) is 4.01. The smallest absolute Gasteiger partial charge is 0.195 e. The Morgan fingerprint density at radius 1 is 0.571 bits per heavy atom. The van der Waals surface area contributed by atoms with Crippen LogP contribution >= 0.6 is 22.7 Å². The molecule has 0 aliphatic rings. The van der Waals surface area contributed by atoms with Gasteiger partial charge in [0.1, 0.15) is 0 Å². The Hall–Kier alpha value is -3.01. The molecule has 0 aliphatic carbocycles. The summed E-state index contributed by atoms with van der Waals surface area (Å²) in [6.07, 6.45) is 3.97. The van der Waals surface area contributed by atoms with Gasteiger partial charge in [0.2, 0.25) is 0 Å². The van der Waals surface area contributed by atoms with E-state index in [1.165, 1.54) is 0 Å². The van der Waals surface area contributed by atoms with E-state index >= 15 is 0 Å². The second-order valence-electron chi connectivity index (χ2n) is 6.22. The van der Waals surface area contributed by atoms with Crippen LogP contribution in [0.25, 0.3) is 23.3 Å². The molecule has 2 heterocycles. The van der Waals surface area contributed by atoms with Crippen LogP contribution < -0.4 is 0 Å². The van der Waals surface area contributed by atoms with Crippen molar-refractivity contribution in [2.45, 2.75) is 0 Å². The number of rotatable bonds is 6. The van der Waals surface area contributed by atoms with Crippen molar-refractivity contribution in [1.82, 2.24) is 0 Å². The summed E-state index contributed by atoms with van der Waals surface area (Å²) >= 11 is 3.17. The highest BCUT2D eigenvalue weighted by molar-refractivity contribution is 7.12. The van der Waals surface area contributed by atoms with Crippen LogP contribution in [0.2, 0.25) is 0 Å². The van der Waals surface area contributed by atoms with Gasteiger partial charge in [0, 0.05) is 20.9 Å². The number of hydrogen-bond donors (Lipinski definition) is 0. The van der Waals surface area contributed by atoms with Crippen LogP contribution in [0.4, 0.5) is 0 Å². The lowest BCUT2D eigenvalue weighted by molar-refractivity contribution is -0.108. The average Bonchev–Trinajstić information content (AvgIpc) is 3.46. The average molecular weight is 399 g/mol. The largest absolute Gasteiger partial charge is 0.289 e. The van der Waals surface area contributed by atoms with Crippen LogP contribution in [0.3, 0.4) is 0 Å². The van der Waals surface area contributed by atoms with Crippen molar-refractivity contribution in [2.75, 3.05) is 0 Å². The highest BCUT2D eigenvalue weighted by Crippen LogP contribution is 2.32. The van der Waals surface area contributed by atoms with Gasteiger partial charge in [-0.3, -0.25) is 4.79 Å². The van der Waals surface area contributed by atoms with Gasteiger partial charge in [-0.2, -0.15) is 0 Å². The van der Waals surface area contributed by atoms with E-state index < -0.39 is 0 Å². The predicted octanol–water partition coefficient (Wildman–Crippen LogP) is 7.16. The minimum absolute atomic E-state index is 0.0395. The SMILES string of the molecule is O=C(/C(=C/c1ccccc1)c1cccs1)/C(=C/c1ccccc1)c1cccs1. The molecule has 0 atom stereocenters. The van der Waals surface area contributed by atoms with Gasteiger partial charge in [0.05, 0.1) is 0 Å². The standard InChI is InChI=1S/C25H18OS2/c26-25(21(23-13-7-15-27-23)17-19-9-3-1-4-10-19)22(24-14-8-16-28-24)18-20-11-5-2-6-12-20/h1-18H/b21-17+,22-18+. The maximum absolute atomic E-state index is 13.7. The van der Waals surface area contributed by atoms with Crippen LogP contribution in [0.15, 0.2) is 95.7 Å². The molecule has 0 radical (unpaired) electrons. The molecule has 1 nitrogen and oxygen atoms in total. The van der Waals surface area contributed by atoms with Crippen LogP contribution in [0, 0.1) is 0 Å². The first-order valence-electron chi connectivity index (χ1n) is 8.97. The fourth-order valence-corrected chi connectivity index (χ4v) is 4.42. The highest BCUT2D eigenvalue weighted by atomic mass is 32.1. The lowest BCUT2D eigenvalue weighted by atomic mass is 9.96. The molecule has 3 heteroatoms. The predicted molar refractivity (Wildman–Crippen MR) is 122 cm³/mol. The zero-order valence-corrected chi connectivity index (χ0v) is 16.8. The minimum Gasteiger partial charge on any atom is -0.289 e. The van der Waals surface area contributed by atoms with E-state index in [1.54, 1.807) is 22.7 Å². The monoisotopic (exact) mass is 398 g/mol. The molecule has 0 spiro atoms. The number of carbonyl (C=O) groups excluding carboxylic acids is 1. The lowest BCUT2D eigenvalue weighted by Crippen LogP contribution is -2.03. The number of allylic oxidation sites excluding steroid dienone is 2.